The molecule has 140 valence electrons. The zero-order valence-corrected chi connectivity index (χ0v) is 15.2. The van der Waals surface area contributed by atoms with Gasteiger partial charge in [0.2, 0.25) is 0 Å². The highest BCUT2D eigenvalue weighted by Crippen LogP contribution is 2.33. The predicted molar refractivity (Wildman–Crippen MR) is 99.8 cm³/mol. The number of amides is 1. The Morgan fingerprint density at radius 3 is 2.15 bits per heavy atom. The summed E-state index contributed by atoms with van der Waals surface area (Å²) < 4.78 is 39.0. The molecule has 0 aliphatic heterocycles. The summed E-state index contributed by atoms with van der Waals surface area (Å²) in [6, 6.07) is 11.9. The lowest BCUT2D eigenvalue weighted by Crippen LogP contribution is -2.14. The van der Waals surface area contributed by atoms with Gasteiger partial charge in [0, 0.05) is 17.1 Å². The highest BCUT2D eigenvalue weighted by Gasteiger charge is 2.30. The van der Waals surface area contributed by atoms with Crippen LogP contribution in [0.15, 0.2) is 54.7 Å². The van der Waals surface area contributed by atoms with Gasteiger partial charge in [-0.3, -0.25) is 9.78 Å². The first-order chi connectivity index (χ1) is 12.6. The maximum Gasteiger partial charge on any atom is 0.416 e. The van der Waals surface area contributed by atoms with Crippen LogP contribution in [0.2, 0.25) is 0 Å². The molecule has 1 amide bonds. The van der Waals surface area contributed by atoms with Crippen molar-refractivity contribution in [3.8, 4) is 0 Å². The number of carbonyl (C=O) groups is 1. The molecule has 1 N–H and O–H groups in total. The van der Waals surface area contributed by atoms with E-state index in [9.17, 15) is 18.0 Å². The Kier molecular flexibility index (Phi) is 4.68. The second-order valence-electron chi connectivity index (χ2n) is 7.37. The Labute approximate surface area is 155 Å². The van der Waals surface area contributed by atoms with Gasteiger partial charge in [0.1, 0.15) is 0 Å². The van der Waals surface area contributed by atoms with Crippen LogP contribution in [0, 0.1) is 0 Å². The molecule has 1 heterocycles. The van der Waals surface area contributed by atoms with E-state index in [4.69, 9.17) is 0 Å². The molecule has 0 unspecified atom stereocenters. The molecule has 0 spiro atoms. The normalized spacial score (nSPS) is 12.2. The third-order valence-corrected chi connectivity index (χ3v) is 4.33. The maximum absolute atomic E-state index is 13.0. The quantitative estimate of drug-likeness (QED) is 0.617. The molecular weight excluding hydrogens is 353 g/mol. The number of nitrogens with one attached hydrogen (secondary N) is 1. The number of hydrogen-bond acceptors (Lipinski definition) is 2. The van der Waals surface area contributed by atoms with Crippen LogP contribution in [-0.4, -0.2) is 10.9 Å². The van der Waals surface area contributed by atoms with Crippen molar-refractivity contribution in [3.05, 3.63) is 71.4 Å². The number of fused-ring (bicyclic) bond motifs is 1. The number of anilines is 1. The van der Waals surface area contributed by atoms with Gasteiger partial charge in [0.15, 0.2) is 0 Å². The van der Waals surface area contributed by atoms with Crippen LogP contribution in [0.25, 0.3) is 10.9 Å². The molecule has 1 aromatic heterocycles. The minimum atomic E-state index is -4.46. The van der Waals surface area contributed by atoms with Crippen molar-refractivity contribution in [2.45, 2.75) is 32.4 Å². The summed E-state index contributed by atoms with van der Waals surface area (Å²) in [5, 5.41) is 2.93. The summed E-state index contributed by atoms with van der Waals surface area (Å²) in [5.74, 6) is -0.389. The molecule has 2 aromatic carbocycles. The summed E-state index contributed by atoms with van der Waals surface area (Å²) in [6.45, 7) is 6.22. The second-order valence-corrected chi connectivity index (χ2v) is 7.37. The van der Waals surface area contributed by atoms with Crippen molar-refractivity contribution in [3.63, 3.8) is 0 Å². The molecule has 0 radical (unpaired) electrons. The van der Waals surface area contributed by atoms with Crippen LogP contribution < -0.4 is 5.32 Å². The highest BCUT2D eigenvalue weighted by molar-refractivity contribution is 6.08. The number of nitrogens with zero attached hydrogens (tertiary/aromatic N) is 1. The average Bonchev–Trinajstić information content (AvgIpc) is 2.60. The first-order valence-corrected chi connectivity index (χ1v) is 8.43. The van der Waals surface area contributed by atoms with Crippen LogP contribution in [0.5, 0.6) is 0 Å². The van der Waals surface area contributed by atoms with Crippen molar-refractivity contribution in [2.24, 2.45) is 0 Å². The fraction of sp³-hybridized carbons (Fsp3) is 0.238. The number of rotatable bonds is 2. The van der Waals surface area contributed by atoms with Crippen molar-refractivity contribution < 1.29 is 18.0 Å². The second kappa shape index (κ2) is 6.68. The third kappa shape index (κ3) is 4.10. The van der Waals surface area contributed by atoms with E-state index in [1.807, 2.05) is 12.1 Å². The first kappa shape index (κ1) is 18.9. The molecule has 0 saturated carbocycles. The molecule has 0 saturated heterocycles. The third-order valence-electron chi connectivity index (χ3n) is 4.33. The zero-order chi connectivity index (χ0) is 19.8. The Hall–Kier alpha value is -2.89. The number of hydrogen-bond donors (Lipinski definition) is 1. The van der Waals surface area contributed by atoms with Crippen molar-refractivity contribution in [1.29, 1.82) is 0 Å². The van der Waals surface area contributed by atoms with Gasteiger partial charge in [-0.05, 0) is 47.4 Å². The molecule has 27 heavy (non-hydrogen) atoms. The molecule has 3 aromatic rings. The largest absolute Gasteiger partial charge is 0.416 e. The lowest BCUT2D eigenvalue weighted by atomic mass is 9.87. The summed E-state index contributed by atoms with van der Waals surface area (Å²) in [6.07, 6.45) is -3.01. The van der Waals surface area contributed by atoms with Gasteiger partial charge < -0.3 is 5.32 Å². The van der Waals surface area contributed by atoms with Crippen molar-refractivity contribution in [2.75, 3.05) is 5.32 Å². The fourth-order valence-electron chi connectivity index (χ4n) is 2.75. The first-order valence-electron chi connectivity index (χ1n) is 8.43. The van der Waals surface area contributed by atoms with Gasteiger partial charge in [0.05, 0.1) is 16.8 Å². The van der Waals surface area contributed by atoms with E-state index in [2.05, 4.69) is 31.1 Å². The molecule has 0 aliphatic carbocycles. The molecule has 0 aliphatic rings. The topological polar surface area (TPSA) is 42.0 Å². The smallest absolute Gasteiger partial charge is 0.321 e. The lowest BCUT2D eigenvalue weighted by Gasteiger charge is -2.19. The Bertz CT molecular complexity index is 987. The zero-order valence-electron chi connectivity index (χ0n) is 15.2. The Balaban J connectivity index is 1.93. The van der Waals surface area contributed by atoms with Gasteiger partial charge >= 0.3 is 6.18 Å². The van der Waals surface area contributed by atoms with Gasteiger partial charge in [-0.1, -0.05) is 32.9 Å². The summed E-state index contributed by atoms with van der Waals surface area (Å²) in [5.41, 5.74) is 1.36. The summed E-state index contributed by atoms with van der Waals surface area (Å²) in [7, 11) is 0. The molecule has 3 rings (SSSR count). The molecule has 0 fully saturated rings. The number of pyridine rings is 1. The summed E-state index contributed by atoms with van der Waals surface area (Å²) >= 11 is 0. The Morgan fingerprint density at radius 2 is 1.56 bits per heavy atom. The van der Waals surface area contributed by atoms with Crippen LogP contribution in [0.1, 0.15) is 42.3 Å². The van der Waals surface area contributed by atoms with E-state index in [-0.39, 0.29) is 22.4 Å². The fourth-order valence-corrected chi connectivity index (χ4v) is 2.75. The molecule has 3 nitrogen and oxygen atoms in total. The molecule has 0 atom stereocenters. The van der Waals surface area contributed by atoms with Crippen molar-refractivity contribution in [1.82, 2.24) is 4.98 Å². The number of alkyl halides is 3. The summed E-state index contributed by atoms with van der Waals surface area (Å²) in [4.78, 5) is 16.6. The number of carbonyl (C=O) groups excluding carboxylic acids is 1. The number of aromatic nitrogens is 1. The maximum atomic E-state index is 13.0. The number of halogens is 3. The lowest BCUT2D eigenvalue weighted by molar-refractivity contribution is -0.137. The Morgan fingerprint density at radius 1 is 0.926 bits per heavy atom. The van der Waals surface area contributed by atoms with E-state index in [1.165, 1.54) is 18.3 Å². The van der Waals surface area contributed by atoms with E-state index in [0.717, 1.165) is 17.7 Å². The molecular formula is C21H19F3N2O. The van der Waals surface area contributed by atoms with E-state index in [1.54, 1.807) is 12.1 Å². The predicted octanol–water partition coefficient (Wildman–Crippen LogP) is 5.80. The van der Waals surface area contributed by atoms with Gasteiger partial charge in [-0.25, -0.2) is 0 Å². The number of benzene rings is 2. The monoisotopic (exact) mass is 372 g/mol. The van der Waals surface area contributed by atoms with Crippen LogP contribution in [-0.2, 0) is 11.6 Å². The van der Waals surface area contributed by atoms with Crippen LogP contribution >= 0.6 is 0 Å². The highest BCUT2D eigenvalue weighted by atomic mass is 19.4. The van der Waals surface area contributed by atoms with Gasteiger partial charge in [-0.15, -0.1) is 0 Å². The van der Waals surface area contributed by atoms with Crippen molar-refractivity contribution >= 4 is 22.5 Å². The minimum absolute atomic E-state index is 0.0374. The van der Waals surface area contributed by atoms with Gasteiger partial charge in [-0.2, -0.15) is 13.2 Å². The van der Waals surface area contributed by atoms with Crippen LogP contribution in [0.3, 0.4) is 0 Å². The van der Waals surface area contributed by atoms with E-state index >= 15 is 0 Å². The molecule has 0 bridgehead atoms. The average molecular weight is 372 g/mol. The van der Waals surface area contributed by atoms with Crippen LogP contribution in [0.4, 0.5) is 18.9 Å². The standard InChI is InChI=1S/C21H19F3N2O/c1-20(2,3)14-6-4-13(5-7-14)19(27)26-18-10-11-25-17-9-8-15(12-16(17)18)21(22,23)24/h4-12H,1-3H3,(H,25,26,27). The SMILES string of the molecule is CC(C)(C)c1ccc(C(=O)Nc2ccnc3ccc(C(F)(F)F)cc23)cc1. The van der Waals surface area contributed by atoms with E-state index < -0.39 is 11.7 Å². The molecule has 6 heteroatoms. The van der Waals surface area contributed by atoms with Gasteiger partial charge in [0.25, 0.3) is 5.91 Å². The minimum Gasteiger partial charge on any atom is -0.321 e. The van der Waals surface area contributed by atoms with E-state index in [0.29, 0.717) is 11.1 Å².